The third-order valence-corrected chi connectivity index (χ3v) is 4.87. The summed E-state index contributed by atoms with van der Waals surface area (Å²) in [5.41, 5.74) is 2.29. The Bertz CT molecular complexity index is 937. The minimum atomic E-state index is -0.579. The molecule has 30 heavy (non-hydrogen) atoms. The number of hydroxylamine groups is 1. The van der Waals surface area contributed by atoms with Crippen molar-refractivity contribution in [2.75, 3.05) is 10.6 Å². The van der Waals surface area contributed by atoms with Gasteiger partial charge in [0.25, 0.3) is 5.91 Å². The van der Waals surface area contributed by atoms with Gasteiger partial charge in [0.15, 0.2) is 0 Å². The molecule has 0 aliphatic rings. The molecule has 0 bridgehead atoms. The normalized spacial score (nSPS) is 10.4. The van der Waals surface area contributed by atoms with Gasteiger partial charge in [0.2, 0.25) is 11.8 Å². The van der Waals surface area contributed by atoms with Gasteiger partial charge in [-0.15, -0.1) is 0 Å². The molecule has 2 aromatic rings. The van der Waals surface area contributed by atoms with Crippen LogP contribution in [0.25, 0.3) is 0 Å². The Balaban J connectivity index is 1.92. The highest BCUT2D eigenvalue weighted by atomic mass is 35.5. The van der Waals surface area contributed by atoms with Gasteiger partial charge in [-0.25, -0.2) is 5.48 Å². The first-order chi connectivity index (χ1) is 14.3. The average Bonchev–Trinajstić information content (AvgIpc) is 2.71. The second kappa shape index (κ2) is 11.4. The van der Waals surface area contributed by atoms with Gasteiger partial charge in [0.1, 0.15) is 5.75 Å². The summed E-state index contributed by atoms with van der Waals surface area (Å²) in [6, 6.07) is 8.74. The maximum absolute atomic E-state index is 12.5. The number of benzene rings is 2. The molecule has 0 aliphatic heterocycles. The van der Waals surface area contributed by atoms with Gasteiger partial charge in [-0.1, -0.05) is 29.6 Å². The average molecular weight is 454 g/mol. The summed E-state index contributed by atoms with van der Waals surface area (Å²) in [6.45, 7) is 0. The van der Waals surface area contributed by atoms with E-state index in [2.05, 4.69) is 10.6 Å². The number of amides is 3. The molecule has 0 saturated heterocycles. The Kier molecular flexibility index (Phi) is 8.91. The molecule has 0 unspecified atom stereocenters. The summed E-state index contributed by atoms with van der Waals surface area (Å²) < 4.78 is 0. The van der Waals surface area contributed by atoms with Crippen molar-refractivity contribution in [3.05, 3.63) is 52.0 Å². The molecule has 0 fully saturated rings. The smallest absolute Gasteiger partial charge is 0.259 e. The summed E-state index contributed by atoms with van der Waals surface area (Å²) in [5.74, 6) is -1.55. The molecule has 0 aromatic heterocycles. The molecule has 0 atom stereocenters. The van der Waals surface area contributed by atoms with Crippen molar-refractivity contribution in [2.45, 2.75) is 32.1 Å². The zero-order valence-electron chi connectivity index (χ0n) is 15.9. The highest BCUT2D eigenvalue weighted by Crippen LogP contribution is 2.27. The molecule has 3 amide bonds. The van der Waals surface area contributed by atoms with Crippen molar-refractivity contribution >= 4 is 52.3 Å². The maximum atomic E-state index is 12.5. The molecule has 0 spiro atoms. The molecule has 2 rings (SSSR count). The third-order valence-electron chi connectivity index (χ3n) is 4.13. The Labute approximate surface area is 183 Å². The Hall–Kier alpha value is -2.81. The van der Waals surface area contributed by atoms with E-state index in [4.69, 9.17) is 28.4 Å². The number of halogens is 2. The van der Waals surface area contributed by atoms with Crippen LogP contribution in [0.15, 0.2) is 36.4 Å². The molecule has 0 radical (unpaired) electrons. The monoisotopic (exact) mass is 453 g/mol. The Morgan fingerprint density at radius 3 is 2.10 bits per heavy atom. The lowest BCUT2D eigenvalue weighted by Crippen LogP contribution is -2.17. The molecule has 2 aromatic carbocycles. The van der Waals surface area contributed by atoms with Crippen molar-refractivity contribution in [1.82, 2.24) is 5.48 Å². The lowest BCUT2D eigenvalue weighted by Gasteiger charge is -2.11. The van der Waals surface area contributed by atoms with E-state index in [1.165, 1.54) is 30.3 Å². The number of hydrogen-bond acceptors (Lipinski definition) is 5. The quantitative estimate of drug-likeness (QED) is 0.167. The second-order valence-electron chi connectivity index (χ2n) is 6.46. The topological polar surface area (TPSA) is 128 Å². The number of phenols is 1. The first kappa shape index (κ1) is 23.5. The molecule has 0 heterocycles. The third kappa shape index (κ3) is 7.22. The SMILES string of the molecule is O=C(CCCCCC(=O)Nc1ccc(O)c(C(=O)Nc2ccc(Cl)c(Cl)c2)c1)NO. The predicted molar refractivity (Wildman–Crippen MR) is 114 cm³/mol. The standard InChI is InChI=1S/C20H21Cl2N3O5/c21-15-8-6-13(11-16(15)22)24-20(29)14-10-12(7-9-17(14)26)23-18(27)4-2-1-3-5-19(28)25-30/h6-11,26,30H,1-5H2,(H,23,27)(H,24,29)(H,25,28). The number of unbranched alkanes of at least 4 members (excludes halogenated alkanes) is 2. The number of rotatable bonds is 9. The second-order valence-corrected chi connectivity index (χ2v) is 7.27. The van der Waals surface area contributed by atoms with Crippen molar-refractivity contribution in [3.8, 4) is 5.75 Å². The van der Waals surface area contributed by atoms with Crippen LogP contribution in [-0.4, -0.2) is 28.0 Å². The highest BCUT2D eigenvalue weighted by Gasteiger charge is 2.14. The first-order valence-electron chi connectivity index (χ1n) is 9.12. The van der Waals surface area contributed by atoms with Crippen LogP contribution in [0, 0.1) is 0 Å². The molecule has 0 saturated carbocycles. The molecule has 10 heteroatoms. The van der Waals surface area contributed by atoms with Crippen LogP contribution in [-0.2, 0) is 9.59 Å². The predicted octanol–water partition coefficient (Wildman–Crippen LogP) is 4.35. The number of carbonyl (C=O) groups is 3. The van der Waals surface area contributed by atoms with E-state index >= 15 is 0 Å². The van der Waals surface area contributed by atoms with Crippen molar-refractivity contribution < 1.29 is 24.7 Å². The van der Waals surface area contributed by atoms with E-state index < -0.39 is 11.8 Å². The van der Waals surface area contributed by atoms with Gasteiger partial charge in [0, 0.05) is 24.2 Å². The molecular formula is C20H21Cl2N3O5. The first-order valence-corrected chi connectivity index (χ1v) is 9.88. The van der Waals surface area contributed by atoms with Gasteiger partial charge in [-0.3, -0.25) is 19.6 Å². The van der Waals surface area contributed by atoms with Gasteiger partial charge in [0.05, 0.1) is 15.6 Å². The van der Waals surface area contributed by atoms with E-state index in [9.17, 15) is 19.5 Å². The van der Waals surface area contributed by atoms with E-state index in [1.54, 1.807) is 11.5 Å². The number of carbonyl (C=O) groups excluding carboxylic acids is 3. The Morgan fingerprint density at radius 1 is 0.800 bits per heavy atom. The molecular weight excluding hydrogens is 433 g/mol. The number of phenolic OH excluding ortho intramolecular Hbond substituents is 1. The summed E-state index contributed by atoms with van der Waals surface area (Å²) in [6.07, 6.45) is 2.18. The maximum Gasteiger partial charge on any atom is 0.259 e. The highest BCUT2D eigenvalue weighted by molar-refractivity contribution is 6.42. The zero-order chi connectivity index (χ0) is 22.1. The van der Waals surface area contributed by atoms with Crippen LogP contribution < -0.4 is 16.1 Å². The van der Waals surface area contributed by atoms with Gasteiger partial charge < -0.3 is 15.7 Å². The molecule has 0 aliphatic carbocycles. The molecule has 160 valence electrons. The van der Waals surface area contributed by atoms with Crippen LogP contribution in [0.3, 0.4) is 0 Å². The van der Waals surface area contributed by atoms with Gasteiger partial charge in [-0.05, 0) is 49.2 Å². The lowest BCUT2D eigenvalue weighted by atomic mass is 10.1. The summed E-state index contributed by atoms with van der Waals surface area (Å²) in [7, 11) is 0. The van der Waals surface area contributed by atoms with Crippen molar-refractivity contribution in [3.63, 3.8) is 0 Å². The van der Waals surface area contributed by atoms with Gasteiger partial charge >= 0.3 is 0 Å². The molecule has 8 nitrogen and oxygen atoms in total. The van der Waals surface area contributed by atoms with Gasteiger partial charge in [-0.2, -0.15) is 0 Å². The lowest BCUT2D eigenvalue weighted by molar-refractivity contribution is -0.129. The fourth-order valence-electron chi connectivity index (χ4n) is 2.60. The number of aromatic hydroxyl groups is 1. The molecule has 5 N–H and O–H groups in total. The van der Waals surface area contributed by atoms with Crippen LogP contribution >= 0.6 is 23.2 Å². The van der Waals surface area contributed by atoms with E-state index in [0.717, 1.165) is 0 Å². The number of nitrogens with one attached hydrogen (secondary N) is 3. The number of hydrogen-bond donors (Lipinski definition) is 5. The van der Waals surface area contributed by atoms with Crippen LogP contribution in [0.1, 0.15) is 42.5 Å². The van der Waals surface area contributed by atoms with Crippen molar-refractivity contribution in [1.29, 1.82) is 0 Å². The Morgan fingerprint density at radius 2 is 1.43 bits per heavy atom. The minimum absolute atomic E-state index is 0.0195. The summed E-state index contributed by atoms with van der Waals surface area (Å²) in [4.78, 5) is 35.5. The fourth-order valence-corrected chi connectivity index (χ4v) is 2.89. The summed E-state index contributed by atoms with van der Waals surface area (Å²) >= 11 is 11.8. The minimum Gasteiger partial charge on any atom is -0.507 e. The zero-order valence-corrected chi connectivity index (χ0v) is 17.4. The number of anilines is 2. The van der Waals surface area contributed by atoms with Crippen LogP contribution in [0.2, 0.25) is 10.0 Å². The fraction of sp³-hybridized carbons (Fsp3) is 0.250. The van der Waals surface area contributed by atoms with E-state index in [-0.39, 0.29) is 35.1 Å². The van der Waals surface area contributed by atoms with E-state index in [0.29, 0.717) is 35.7 Å². The van der Waals surface area contributed by atoms with Crippen LogP contribution in [0.5, 0.6) is 5.75 Å². The van der Waals surface area contributed by atoms with E-state index in [1.807, 2.05) is 0 Å². The largest absolute Gasteiger partial charge is 0.507 e. The summed E-state index contributed by atoms with van der Waals surface area (Å²) in [5, 5.41) is 24.3. The van der Waals surface area contributed by atoms with Crippen LogP contribution in [0.4, 0.5) is 11.4 Å². The van der Waals surface area contributed by atoms with Crippen molar-refractivity contribution in [2.24, 2.45) is 0 Å².